The van der Waals surface area contributed by atoms with Gasteiger partial charge >= 0.3 is 0 Å². The van der Waals surface area contributed by atoms with Crippen molar-refractivity contribution in [3.05, 3.63) is 12.2 Å². The van der Waals surface area contributed by atoms with Crippen LogP contribution in [0.3, 0.4) is 0 Å². The molecular weight excluding hydrogens is 1670 g/mol. The largest absolute Gasteiger partial charge is 0.394 e. The number of rotatable bonds is 58. The summed E-state index contributed by atoms with van der Waals surface area (Å²) in [6, 6.07) is -4.92. The first kappa shape index (κ1) is 110. The Morgan fingerprint density at radius 1 is 0.325 bits per heavy atom. The Hall–Kier alpha value is -3.21. The van der Waals surface area contributed by atoms with Crippen LogP contribution in [0.15, 0.2) is 12.2 Å². The maximum absolute atomic E-state index is 13.6. The van der Waals surface area contributed by atoms with E-state index in [4.69, 9.17) is 66.3 Å². The van der Waals surface area contributed by atoms with E-state index in [2.05, 4.69) is 29.8 Å². The number of aliphatic hydroxyl groups is 20. The van der Waals surface area contributed by atoms with E-state index in [0.717, 1.165) is 65.2 Å². The molecule has 7 saturated heterocycles. The Bertz CT molecular complexity index is 2990. The fourth-order valence-electron chi connectivity index (χ4n) is 17.2. The van der Waals surface area contributed by atoms with Gasteiger partial charge in [-0.1, -0.05) is 206 Å². The van der Waals surface area contributed by atoms with Gasteiger partial charge in [-0.2, -0.15) is 0 Å². The number of carbonyl (C=O) groups excluding carboxylic acids is 3. The van der Waals surface area contributed by atoms with Crippen LogP contribution in [0.5, 0.6) is 0 Å². The first-order chi connectivity index (χ1) is 60.5. The fraction of sp³-hybridized carbons (Fsp3) is 0.942. The summed E-state index contributed by atoms with van der Waals surface area (Å²) in [4.78, 5) is 40.3. The van der Waals surface area contributed by atoms with E-state index in [1.807, 2.05) is 6.08 Å². The molecule has 0 aromatic heterocycles. The Morgan fingerprint density at radius 3 is 1.08 bits per heavy atom. The van der Waals surface area contributed by atoms with Crippen LogP contribution in [-0.2, 0) is 80.7 Å². The average Bonchev–Trinajstić information content (AvgIpc) is 0.757. The Morgan fingerprint density at radius 2 is 0.643 bits per heavy atom. The molecule has 0 saturated carbocycles. The molecular formula is C86H155N3O37. The quantitative estimate of drug-likeness (QED) is 0.0231. The molecule has 126 heavy (non-hydrogen) atoms. The fourth-order valence-corrected chi connectivity index (χ4v) is 17.2. The van der Waals surface area contributed by atoms with Crippen LogP contribution in [0.25, 0.3) is 0 Å². The maximum atomic E-state index is 13.6. The molecule has 7 fully saturated rings. The summed E-state index contributed by atoms with van der Waals surface area (Å²) < 4.78 is 84.3. The third-order valence-electron chi connectivity index (χ3n) is 24.8. The number of amides is 3. The summed E-state index contributed by atoms with van der Waals surface area (Å²) in [5.74, 6) is -2.21. The van der Waals surface area contributed by atoms with E-state index in [1.54, 1.807) is 6.08 Å². The lowest BCUT2D eigenvalue weighted by Gasteiger charge is -2.52. The molecule has 0 aromatic carbocycles. The lowest BCUT2D eigenvalue weighted by Crippen LogP contribution is -2.72. The second-order valence-corrected chi connectivity index (χ2v) is 34.9. The Kier molecular flexibility index (Phi) is 50.7. The standard InChI is InChI=1S/C86H155N3O37/c1-6-8-10-12-14-16-18-20-21-22-23-24-25-27-29-31-33-35-37-39-58(99)89-50(51(98)38-36-34-32-30-28-26-19-17-15-13-11-9-7-2)46-113-82-71(110)68(107)74(56(44-94)120-82)121-85-72(111)78(64(103)54(42-92)117-85)125-80-59(87-48(4)96)76(63(102)53(41-91)115-80)123-86-73(112)79(65(104)55(43-93)118-86)126-81-60(88-49(5)97)77(124-84-70(109)67(106)62(101)52(40-90)116-84)75(57(45-95)119-81)122-83-69(108)66(105)61(100)47(3)114-83/h36,38,47,50-57,59-86,90-95,98,100-112H,6-35,37,39-46H2,1-5H3,(H,87,96)(H,88,97)(H,89,99)/b38-36+/t47?,50-,51+,52?,53?,54?,55?,56?,57?,59?,60?,61+,62-,63+,64-,65-,66?,67-,68+,69-,70?,71?,72?,73?,74+,75+,76+,77+,78-,79-,80-,81-,82+,83+,84-,85-,86-/m0/s1. The predicted molar refractivity (Wildman–Crippen MR) is 443 cm³/mol. The van der Waals surface area contributed by atoms with Crippen LogP contribution >= 0.6 is 0 Å². The zero-order chi connectivity index (χ0) is 92.1. The minimum atomic E-state index is -2.39. The van der Waals surface area contributed by atoms with Crippen molar-refractivity contribution in [1.29, 1.82) is 0 Å². The van der Waals surface area contributed by atoms with Crippen LogP contribution in [0.4, 0.5) is 0 Å². The van der Waals surface area contributed by atoms with Crippen molar-refractivity contribution in [3.8, 4) is 0 Å². The van der Waals surface area contributed by atoms with Crippen LogP contribution in [-0.4, -0.2) is 393 Å². The Labute approximate surface area is 739 Å². The molecule has 0 aliphatic carbocycles. The molecule has 3 amide bonds. The van der Waals surface area contributed by atoms with Crippen molar-refractivity contribution in [1.82, 2.24) is 16.0 Å². The first-order valence-corrected chi connectivity index (χ1v) is 46.3. The van der Waals surface area contributed by atoms with Gasteiger partial charge in [0.25, 0.3) is 0 Å². The van der Waals surface area contributed by atoms with E-state index in [9.17, 15) is 117 Å². The van der Waals surface area contributed by atoms with Gasteiger partial charge in [0.2, 0.25) is 17.7 Å². The van der Waals surface area contributed by atoms with E-state index < -0.39 is 285 Å². The highest BCUT2D eigenvalue weighted by molar-refractivity contribution is 5.76. The zero-order valence-electron chi connectivity index (χ0n) is 74.0. The summed E-state index contributed by atoms with van der Waals surface area (Å²) in [7, 11) is 0. The summed E-state index contributed by atoms with van der Waals surface area (Å²) >= 11 is 0. The highest BCUT2D eigenvalue weighted by Crippen LogP contribution is 2.40. The van der Waals surface area contributed by atoms with Crippen LogP contribution in [0.1, 0.15) is 240 Å². The zero-order valence-corrected chi connectivity index (χ0v) is 74.0. The minimum absolute atomic E-state index is 0.159. The minimum Gasteiger partial charge on any atom is -0.394 e. The molecule has 736 valence electrons. The Balaban J connectivity index is 1.02. The molecule has 23 N–H and O–H groups in total. The van der Waals surface area contributed by atoms with Crippen molar-refractivity contribution in [2.75, 3.05) is 46.2 Å². The number of carbonyl (C=O) groups is 3. The summed E-state index contributed by atoms with van der Waals surface area (Å²) in [6.07, 6.45) is -26.8. The van der Waals surface area contributed by atoms with Crippen LogP contribution in [0, 0.1) is 0 Å². The third-order valence-corrected chi connectivity index (χ3v) is 24.8. The molecule has 0 bridgehead atoms. The second-order valence-electron chi connectivity index (χ2n) is 34.9. The van der Waals surface area contributed by atoms with Gasteiger partial charge in [0.15, 0.2) is 44.0 Å². The molecule has 0 spiro atoms. The van der Waals surface area contributed by atoms with Gasteiger partial charge in [-0.25, -0.2) is 0 Å². The monoisotopic (exact) mass is 1820 g/mol. The van der Waals surface area contributed by atoms with Gasteiger partial charge in [-0.05, 0) is 26.2 Å². The number of allylic oxidation sites excluding steroid dienone is 1. The topological polar surface area (TPSA) is 621 Å². The van der Waals surface area contributed by atoms with E-state index in [0.29, 0.717) is 12.8 Å². The van der Waals surface area contributed by atoms with Crippen molar-refractivity contribution < 1.29 is 183 Å². The lowest BCUT2D eigenvalue weighted by atomic mass is 9.93. The summed E-state index contributed by atoms with van der Waals surface area (Å²) in [5.41, 5.74) is 0. The molecule has 0 radical (unpaired) electrons. The number of unbranched alkanes of at least 4 members (excludes halogenated alkanes) is 29. The van der Waals surface area contributed by atoms with Crippen molar-refractivity contribution in [2.24, 2.45) is 0 Å². The van der Waals surface area contributed by atoms with Crippen molar-refractivity contribution in [2.45, 2.75) is 467 Å². The smallest absolute Gasteiger partial charge is 0.220 e. The van der Waals surface area contributed by atoms with Crippen LogP contribution in [0.2, 0.25) is 0 Å². The highest BCUT2D eigenvalue weighted by Gasteiger charge is 2.60. The first-order valence-electron chi connectivity index (χ1n) is 46.3. The number of hydrogen-bond donors (Lipinski definition) is 23. The van der Waals surface area contributed by atoms with Crippen LogP contribution < -0.4 is 16.0 Å². The summed E-state index contributed by atoms with van der Waals surface area (Å²) in [6.45, 7) is 0.919. The molecule has 37 atom stereocenters. The van der Waals surface area contributed by atoms with Crippen molar-refractivity contribution in [3.63, 3.8) is 0 Å². The number of aliphatic hydroxyl groups excluding tert-OH is 20. The predicted octanol–water partition coefficient (Wildman–Crippen LogP) is -2.01. The van der Waals surface area contributed by atoms with Gasteiger partial charge < -0.3 is 184 Å². The molecule has 0 aromatic rings. The third kappa shape index (κ3) is 32.8. The molecule has 40 nitrogen and oxygen atoms in total. The molecule has 40 heteroatoms. The molecule has 7 rings (SSSR count). The second kappa shape index (κ2) is 58.2. The maximum Gasteiger partial charge on any atom is 0.220 e. The van der Waals surface area contributed by atoms with Gasteiger partial charge in [0, 0.05) is 20.3 Å². The van der Waals surface area contributed by atoms with E-state index in [-0.39, 0.29) is 12.3 Å². The molecule has 7 aliphatic heterocycles. The normalized spacial score (nSPS) is 38.1. The molecule has 7 aliphatic rings. The SMILES string of the molecule is CCCCCCCCCCCCC/C=C/[C@@H](O)[C@H](CO[C@@H]1OC(CO)[C@@H](O[C@@H]2OC(CO)[C@H](O)[C@H](O[C@@H]3OC(CO)[C@@H](O)[C@H](O[C@@H]4OC(CO)[C@H](O)[C@H](O[C@@H]5OC(CO)[C@@H](O[C@H]6OC(C)[C@@H](O)C(O)[C@@H]6O)[C@H](O[C@@H]6OC(CO)[C@H](O)[C@H](O)C6O)C5NC(C)=O)C4O)C3NC(C)=O)C2O)[C@H](O)C1O)NC(=O)CCCCCCCCCCCCCCCCCCCCC. The van der Waals surface area contributed by atoms with E-state index >= 15 is 0 Å². The number of ether oxygens (including phenoxy) is 14. The average molecular weight is 1820 g/mol. The molecule has 14 unspecified atom stereocenters. The van der Waals surface area contributed by atoms with Gasteiger partial charge in [-0.3, -0.25) is 14.4 Å². The van der Waals surface area contributed by atoms with E-state index in [1.165, 1.54) is 142 Å². The van der Waals surface area contributed by atoms with Gasteiger partial charge in [0.05, 0.1) is 64.5 Å². The number of nitrogens with one attached hydrogen (secondary N) is 3. The lowest BCUT2D eigenvalue weighted by molar-refractivity contribution is -0.392. The number of hydrogen-bond acceptors (Lipinski definition) is 37. The highest BCUT2D eigenvalue weighted by atomic mass is 16.8. The van der Waals surface area contributed by atoms with Gasteiger partial charge in [0.1, 0.15) is 165 Å². The van der Waals surface area contributed by atoms with Gasteiger partial charge in [-0.15, -0.1) is 0 Å². The van der Waals surface area contributed by atoms with Crippen molar-refractivity contribution >= 4 is 17.7 Å². The molecule has 7 heterocycles. The summed E-state index contributed by atoms with van der Waals surface area (Å²) in [5, 5.41) is 233.